The Morgan fingerprint density at radius 2 is 1.92 bits per heavy atom. The largest absolute Gasteiger partial charge is 0.368 e. The Morgan fingerprint density at radius 1 is 1.15 bits per heavy atom. The summed E-state index contributed by atoms with van der Waals surface area (Å²) in [5.41, 5.74) is 2.62. The monoisotopic (exact) mass is 350 g/mol. The number of nitrogens with one attached hydrogen (secondary N) is 2. The van der Waals surface area contributed by atoms with E-state index >= 15 is 0 Å². The molecular weight excluding hydrogens is 328 g/mol. The van der Waals surface area contributed by atoms with Crippen LogP contribution in [0.3, 0.4) is 0 Å². The van der Waals surface area contributed by atoms with Crippen LogP contribution in [0.15, 0.2) is 30.3 Å². The molecule has 7 nitrogen and oxygen atoms in total. The number of para-hydroxylation sites is 1. The molecule has 1 amide bonds. The lowest BCUT2D eigenvalue weighted by Crippen LogP contribution is -2.30. The molecule has 1 saturated carbocycles. The predicted molar refractivity (Wildman–Crippen MR) is 100 cm³/mol. The Labute approximate surface area is 151 Å². The van der Waals surface area contributed by atoms with Crippen molar-refractivity contribution in [1.82, 2.24) is 25.1 Å². The molecule has 0 aliphatic heterocycles. The summed E-state index contributed by atoms with van der Waals surface area (Å²) in [5.74, 6) is 1.82. The number of aryl methyl sites for hydroxylation is 2. The van der Waals surface area contributed by atoms with Crippen molar-refractivity contribution in [1.29, 1.82) is 0 Å². The summed E-state index contributed by atoms with van der Waals surface area (Å²) < 4.78 is 1.85. The van der Waals surface area contributed by atoms with E-state index in [0.29, 0.717) is 18.9 Å². The lowest BCUT2D eigenvalue weighted by Gasteiger charge is -2.09. The van der Waals surface area contributed by atoms with E-state index in [1.807, 2.05) is 48.9 Å². The van der Waals surface area contributed by atoms with Crippen LogP contribution < -0.4 is 10.6 Å². The Bertz CT molecular complexity index is 946. The van der Waals surface area contributed by atoms with Gasteiger partial charge in [-0.2, -0.15) is 5.10 Å². The van der Waals surface area contributed by atoms with Crippen molar-refractivity contribution in [2.24, 2.45) is 5.92 Å². The molecule has 0 spiro atoms. The van der Waals surface area contributed by atoms with Crippen LogP contribution in [0.4, 0.5) is 5.82 Å². The third kappa shape index (κ3) is 3.24. The average molecular weight is 350 g/mol. The van der Waals surface area contributed by atoms with Gasteiger partial charge in [0.2, 0.25) is 5.91 Å². The van der Waals surface area contributed by atoms with Crippen LogP contribution in [0, 0.1) is 19.8 Å². The molecule has 0 unspecified atom stereocenters. The van der Waals surface area contributed by atoms with Gasteiger partial charge in [-0.25, -0.2) is 14.6 Å². The standard InChI is InChI=1S/C19H22N6O/c1-12-16-17(20-10-11-21-19(26)14-8-9-14)22-13(2)23-18(16)25(24-12)15-6-4-3-5-7-15/h3-7,14H,8-11H2,1-2H3,(H,21,26)(H,20,22,23). The first-order valence-corrected chi connectivity index (χ1v) is 8.94. The van der Waals surface area contributed by atoms with E-state index in [0.717, 1.165) is 41.1 Å². The maximum Gasteiger partial charge on any atom is 0.223 e. The number of anilines is 1. The molecule has 134 valence electrons. The molecule has 4 rings (SSSR count). The summed E-state index contributed by atoms with van der Waals surface area (Å²) in [7, 11) is 0. The van der Waals surface area contributed by atoms with E-state index in [4.69, 9.17) is 0 Å². The zero-order valence-electron chi connectivity index (χ0n) is 15.0. The second kappa shape index (κ2) is 6.74. The predicted octanol–water partition coefficient (Wildman–Crippen LogP) is 2.37. The first kappa shape index (κ1) is 16.5. The summed E-state index contributed by atoms with van der Waals surface area (Å²) in [6, 6.07) is 9.95. The van der Waals surface area contributed by atoms with Crippen LogP contribution in [0.2, 0.25) is 0 Å². The number of hydrogen-bond donors (Lipinski definition) is 2. The number of amides is 1. The molecule has 0 saturated heterocycles. The fourth-order valence-corrected chi connectivity index (χ4v) is 3.03. The van der Waals surface area contributed by atoms with Crippen LogP contribution in [0.1, 0.15) is 24.4 Å². The minimum atomic E-state index is 0.156. The van der Waals surface area contributed by atoms with E-state index in [2.05, 4.69) is 25.7 Å². The third-order valence-electron chi connectivity index (χ3n) is 4.48. The number of carbonyl (C=O) groups is 1. The summed E-state index contributed by atoms with van der Waals surface area (Å²) in [6.45, 7) is 5.02. The van der Waals surface area contributed by atoms with Crippen LogP contribution in [0.25, 0.3) is 16.7 Å². The molecule has 1 aliphatic carbocycles. The topological polar surface area (TPSA) is 84.7 Å². The van der Waals surface area contributed by atoms with Gasteiger partial charge in [-0.3, -0.25) is 4.79 Å². The lowest BCUT2D eigenvalue weighted by molar-refractivity contribution is -0.122. The molecule has 0 bridgehead atoms. The van der Waals surface area contributed by atoms with Gasteiger partial charge in [0.15, 0.2) is 5.65 Å². The minimum absolute atomic E-state index is 0.156. The zero-order valence-corrected chi connectivity index (χ0v) is 15.0. The van der Waals surface area contributed by atoms with Crippen molar-refractivity contribution >= 4 is 22.8 Å². The summed E-state index contributed by atoms with van der Waals surface area (Å²) in [5, 5.41) is 11.9. The number of carbonyl (C=O) groups excluding carboxylic acids is 1. The molecule has 1 aliphatic rings. The van der Waals surface area contributed by atoms with Gasteiger partial charge in [0, 0.05) is 19.0 Å². The Hall–Kier alpha value is -2.96. The van der Waals surface area contributed by atoms with Gasteiger partial charge in [0.25, 0.3) is 0 Å². The van der Waals surface area contributed by atoms with Crippen LogP contribution in [0.5, 0.6) is 0 Å². The maximum atomic E-state index is 11.7. The molecule has 2 aromatic heterocycles. The fraction of sp³-hybridized carbons (Fsp3) is 0.368. The van der Waals surface area contributed by atoms with Crippen molar-refractivity contribution < 1.29 is 4.79 Å². The molecule has 7 heteroatoms. The van der Waals surface area contributed by atoms with E-state index < -0.39 is 0 Å². The number of aromatic nitrogens is 4. The number of benzene rings is 1. The van der Waals surface area contributed by atoms with Crippen molar-refractivity contribution in [3.05, 3.63) is 41.9 Å². The number of nitrogens with zero attached hydrogens (tertiary/aromatic N) is 4. The zero-order chi connectivity index (χ0) is 18.1. The van der Waals surface area contributed by atoms with Crippen LogP contribution >= 0.6 is 0 Å². The van der Waals surface area contributed by atoms with Crippen molar-refractivity contribution in [3.8, 4) is 5.69 Å². The van der Waals surface area contributed by atoms with Gasteiger partial charge < -0.3 is 10.6 Å². The molecule has 2 N–H and O–H groups in total. The fourth-order valence-electron chi connectivity index (χ4n) is 3.03. The second-order valence-electron chi connectivity index (χ2n) is 6.64. The smallest absolute Gasteiger partial charge is 0.223 e. The van der Waals surface area contributed by atoms with Crippen molar-refractivity contribution in [3.63, 3.8) is 0 Å². The highest BCUT2D eigenvalue weighted by Gasteiger charge is 2.29. The maximum absolute atomic E-state index is 11.7. The highest BCUT2D eigenvalue weighted by molar-refractivity contribution is 5.90. The normalized spacial score (nSPS) is 13.8. The van der Waals surface area contributed by atoms with Crippen LogP contribution in [-0.2, 0) is 4.79 Å². The SMILES string of the molecule is Cc1nc(NCCNC(=O)C2CC2)c2c(C)nn(-c3ccccc3)c2n1. The quantitative estimate of drug-likeness (QED) is 0.667. The molecule has 0 atom stereocenters. The van der Waals surface area contributed by atoms with E-state index in [9.17, 15) is 4.79 Å². The highest BCUT2D eigenvalue weighted by Crippen LogP contribution is 2.28. The lowest BCUT2D eigenvalue weighted by atomic mass is 10.3. The van der Waals surface area contributed by atoms with E-state index in [1.165, 1.54) is 0 Å². The van der Waals surface area contributed by atoms with Gasteiger partial charge in [0.1, 0.15) is 11.6 Å². The van der Waals surface area contributed by atoms with Gasteiger partial charge in [-0.15, -0.1) is 0 Å². The Morgan fingerprint density at radius 3 is 2.65 bits per heavy atom. The van der Waals surface area contributed by atoms with Crippen LogP contribution in [-0.4, -0.2) is 38.7 Å². The number of rotatable bonds is 6. The number of fused-ring (bicyclic) bond motifs is 1. The van der Waals surface area contributed by atoms with Gasteiger partial charge in [-0.1, -0.05) is 18.2 Å². The van der Waals surface area contributed by atoms with Gasteiger partial charge in [0.05, 0.1) is 16.8 Å². The third-order valence-corrected chi connectivity index (χ3v) is 4.48. The van der Waals surface area contributed by atoms with E-state index in [-0.39, 0.29) is 11.8 Å². The first-order valence-electron chi connectivity index (χ1n) is 8.94. The first-order chi connectivity index (χ1) is 12.6. The summed E-state index contributed by atoms with van der Waals surface area (Å²) in [6.07, 6.45) is 2.03. The summed E-state index contributed by atoms with van der Waals surface area (Å²) in [4.78, 5) is 20.9. The number of hydrogen-bond acceptors (Lipinski definition) is 5. The molecule has 26 heavy (non-hydrogen) atoms. The minimum Gasteiger partial charge on any atom is -0.368 e. The molecule has 1 aromatic carbocycles. The second-order valence-corrected chi connectivity index (χ2v) is 6.64. The van der Waals surface area contributed by atoms with Crippen molar-refractivity contribution in [2.45, 2.75) is 26.7 Å². The van der Waals surface area contributed by atoms with Crippen molar-refractivity contribution in [2.75, 3.05) is 18.4 Å². The molecular formula is C19H22N6O. The average Bonchev–Trinajstić information content (AvgIpc) is 3.43. The molecule has 2 heterocycles. The van der Waals surface area contributed by atoms with Gasteiger partial charge in [-0.05, 0) is 38.8 Å². The molecule has 1 fully saturated rings. The Balaban J connectivity index is 1.58. The molecule has 0 radical (unpaired) electrons. The van der Waals surface area contributed by atoms with E-state index in [1.54, 1.807) is 0 Å². The Kier molecular flexibility index (Phi) is 4.28. The van der Waals surface area contributed by atoms with Gasteiger partial charge >= 0.3 is 0 Å². The highest BCUT2D eigenvalue weighted by atomic mass is 16.2. The molecule has 3 aromatic rings. The summed E-state index contributed by atoms with van der Waals surface area (Å²) >= 11 is 0.